The van der Waals surface area contributed by atoms with Gasteiger partial charge in [0.1, 0.15) is 0 Å². The second-order valence-electron chi connectivity index (χ2n) is 12.3. The van der Waals surface area contributed by atoms with Gasteiger partial charge in [0.25, 0.3) is 0 Å². The van der Waals surface area contributed by atoms with Crippen LogP contribution in [0.25, 0.3) is 78.1 Å². The molecule has 0 fully saturated rings. The van der Waals surface area contributed by atoms with Crippen molar-refractivity contribution in [3.05, 3.63) is 175 Å². The van der Waals surface area contributed by atoms with Crippen LogP contribution in [0.4, 0.5) is 0 Å². The van der Waals surface area contributed by atoms with Crippen LogP contribution in [0.5, 0.6) is 0 Å². The van der Waals surface area contributed by atoms with Crippen LogP contribution in [0, 0.1) is 13.8 Å². The predicted molar refractivity (Wildman–Crippen MR) is 199 cm³/mol. The van der Waals surface area contributed by atoms with Gasteiger partial charge >= 0.3 is 0 Å². The number of benzene rings is 6. The highest BCUT2D eigenvalue weighted by molar-refractivity contribution is 5.90. The van der Waals surface area contributed by atoms with E-state index in [1.165, 1.54) is 16.3 Å². The van der Waals surface area contributed by atoms with Crippen LogP contribution in [0.1, 0.15) is 11.4 Å². The number of fused-ring (bicyclic) bond motifs is 1. The molecule has 0 aliphatic rings. The van der Waals surface area contributed by atoms with Crippen molar-refractivity contribution in [1.82, 2.24) is 15.0 Å². The third kappa shape index (κ3) is 6.02. The van der Waals surface area contributed by atoms with E-state index >= 15 is 0 Å². The molecule has 0 N–H and O–H groups in total. The van der Waals surface area contributed by atoms with Crippen molar-refractivity contribution in [2.24, 2.45) is 0 Å². The van der Waals surface area contributed by atoms with Gasteiger partial charge in [-0.15, -0.1) is 0 Å². The zero-order valence-electron chi connectivity index (χ0n) is 26.9. The molecule has 0 spiro atoms. The van der Waals surface area contributed by atoms with Gasteiger partial charge in [-0.1, -0.05) is 121 Å². The van der Waals surface area contributed by atoms with Crippen molar-refractivity contribution in [3.63, 3.8) is 0 Å². The fraction of sp³-hybridized carbons (Fsp3) is 0.0444. The predicted octanol–water partition coefficient (Wildman–Crippen LogP) is 11.6. The van der Waals surface area contributed by atoms with E-state index in [0.29, 0.717) is 0 Å². The molecular weight excluding hydrogens is 583 g/mol. The Balaban J connectivity index is 1.31. The highest BCUT2D eigenvalue weighted by Gasteiger charge is 2.13. The number of nitrogens with zero attached hydrogens (tertiary/aromatic N) is 3. The van der Waals surface area contributed by atoms with Gasteiger partial charge in [0.05, 0.1) is 11.4 Å². The Hall–Kier alpha value is -6.19. The Kier molecular flexibility index (Phi) is 7.64. The molecule has 0 aliphatic carbocycles. The van der Waals surface area contributed by atoms with Crippen LogP contribution in [0.15, 0.2) is 164 Å². The minimum atomic E-state index is 0.753. The van der Waals surface area contributed by atoms with Gasteiger partial charge in [0, 0.05) is 28.1 Å². The molecule has 0 unspecified atom stereocenters. The second kappa shape index (κ2) is 12.5. The summed E-state index contributed by atoms with van der Waals surface area (Å²) in [6.45, 7) is 4.02. The summed E-state index contributed by atoms with van der Waals surface area (Å²) < 4.78 is 0. The Morgan fingerprint density at radius 1 is 0.292 bits per heavy atom. The van der Waals surface area contributed by atoms with Crippen LogP contribution in [0.3, 0.4) is 0 Å². The average molecular weight is 616 g/mol. The minimum absolute atomic E-state index is 0.753. The van der Waals surface area contributed by atoms with Gasteiger partial charge in [-0.05, 0) is 100 Å². The van der Waals surface area contributed by atoms with Crippen LogP contribution >= 0.6 is 0 Å². The first kappa shape index (κ1) is 29.2. The molecule has 0 saturated carbocycles. The molecule has 0 bridgehead atoms. The molecule has 0 radical (unpaired) electrons. The number of hydrogen-bond acceptors (Lipinski definition) is 3. The molecule has 6 aromatic carbocycles. The van der Waals surface area contributed by atoms with Crippen LogP contribution < -0.4 is 0 Å². The zero-order valence-corrected chi connectivity index (χ0v) is 26.9. The SMILES string of the molecule is Cc1cc(C)nc(-c2ccc(-c3cc(-c4cc(-c5ccccc5)nc(-c5ccccc5)c4)cc(-c4ccc5ccccc5c4)c3)cc2)n1. The summed E-state index contributed by atoms with van der Waals surface area (Å²) in [4.78, 5) is 14.5. The van der Waals surface area contributed by atoms with Crippen molar-refractivity contribution < 1.29 is 0 Å². The zero-order chi connectivity index (χ0) is 32.5. The summed E-state index contributed by atoms with van der Waals surface area (Å²) >= 11 is 0. The van der Waals surface area contributed by atoms with Crippen molar-refractivity contribution in [2.45, 2.75) is 13.8 Å². The van der Waals surface area contributed by atoms with Gasteiger partial charge < -0.3 is 0 Å². The summed E-state index contributed by atoms with van der Waals surface area (Å²) in [5.41, 5.74) is 13.9. The summed E-state index contributed by atoms with van der Waals surface area (Å²) in [5, 5.41) is 2.46. The van der Waals surface area contributed by atoms with Gasteiger partial charge in [0.2, 0.25) is 0 Å². The first-order valence-electron chi connectivity index (χ1n) is 16.3. The Morgan fingerprint density at radius 3 is 1.35 bits per heavy atom. The standard InChI is InChI=1S/C45H33N3/c1-30-23-31(2)47-45(46-30)36-20-17-33(18-21-36)39-25-40(38-22-19-32-11-9-10-16-37(32)24-38)27-41(26-39)42-28-43(34-12-5-3-6-13-34)48-44(29-42)35-14-7-4-8-15-35/h3-29H,1-2H3. The largest absolute Gasteiger partial charge is 0.248 e. The van der Waals surface area contributed by atoms with Crippen LogP contribution in [0.2, 0.25) is 0 Å². The fourth-order valence-corrected chi connectivity index (χ4v) is 6.37. The molecule has 0 saturated heterocycles. The second-order valence-corrected chi connectivity index (χ2v) is 12.3. The molecule has 2 heterocycles. The lowest BCUT2D eigenvalue weighted by Gasteiger charge is -2.14. The van der Waals surface area contributed by atoms with E-state index in [9.17, 15) is 0 Å². The average Bonchev–Trinajstić information content (AvgIpc) is 3.14. The molecule has 0 amide bonds. The molecule has 48 heavy (non-hydrogen) atoms. The lowest BCUT2D eigenvalue weighted by molar-refractivity contribution is 1.06. The number of aryl methyl sites for hydroxylation is 2. The van der Waals surface area contributed by atoms with Gasteiger partial charge in [-0.25, -0.2) is 15.0 Å². The van der Waals surface area contributed by atoms with Gasteiger partial charge in [0.15, 0.2) is 5.82 Å². The molecule has 8 rings (SSSR count). The highest BCUT2D eigenvalue weighted by atomic mass is 14.9. The highest BCUT2D eigenvalue weighted by Crippen LogP contribution is 2.37. The molecule has 8 aromatic rings. The van der Waals surface area contributed by atoms with Gasteiger partial charge in [-0.2, -0.15) is 0 Å². The summed E-state index contributed by atoms with van der Waals surface area (Å²) in [6, 6.07) is 58.0. The van der Waals surface area contributed by atoms with E-state index in [0.717, 1.165) is 73.1 Å². The first-order valence-corrected chi connectivity index (χ1v) is 16.3. The number of rotatable bonds is 6. The quantitative estimate of drug-likeness (QED) is 0.187. The maximum atomic E-state index is 5.13. The number of hydrogen-bond donors (Lipinski definition) is 0. The minimum Gasteiger partial charge on any atom is -0.248 e. The van der Waals surface area contributed by atoms with E-state index in [1.54, 1.807) is 0 Å². The topological polar surface area (TPSA) is 38.7 Å². The van der Waals surface area contributed by atoms with E-state index in [2.05, 4.69) is 156 Å². The number of aromatic nitrogens is 3. The Bertz CT molecular complexity index is 2320. The summed E-state index contributed by atoms with van der Waals surface area (Å²) in [5.74, 6) is 0.753. The summed E-state index contributed by atoms with van der Waals surface area (Å²) in [7, 11) is 0. The van der Waals surface area contributed by atoms with Crippen LogP contribution in [-0.2, 0) is 0 Å². The van der Waals surface area contributed by atoms with Crippen molar-refractivity contribution in [3.8, 4) is 67.3 Å². The smallest absolute Gasteiger partial charge is 0.159 e. The van der Waals surface area contributed by atoms with E-state index in [1.807, 2.05) is 32.0 Å². The molecule has 228 valence electrons. The molecule has 2 aromatic heterocycles. The first-order chi connectivity index (χ1) is 23.6. The molecule has 0 atom stereocenters. The van der Waals surface area contributed by atoms with Crippen LogP contribution in [-0.4, -0.2) is 15.0 Å². The maximum Gasteiger partial charge on any atom is 0.159 e. The van der Waals surface area contributed by atoms with Crippen molar-refractivity contribution in [2.75, 3.05) is 0 Å². The molecular formula is C45H33N3. The van der Waals surface area contributed by atoms with Gasteiger partial charge in [-0.3, -0.25) is 0 Å². The lowest BCUT2D eigenvalue weighted by Crippen LogP contribution is -1.94. The Morgan fingerprint density at radius 2 is 0.750 bits per heavy atom. The normalized spacial score (nSPS) is 11.1. The van der Waals surface area contributed by atoms with Crippen molar-refractivity contribution in [1.29, 1.82) is 0 Å². The molecule has 3 heteroatoms. The molecule has 3 nitrogen and oxygen atoms in total. The van der Waals surface area contributed by atoms with Crippen molar-refractivity contribution >= 4 is 10.8 Å². The van der Waals surface area contributed by atoms with E-state index in [4.69, 9.17) is 4.98 Å². The molecule has 0 aliphatic heterocycles. The van der Waals surface area contributed by atoms with E-state index < -0.39 is 0 Å². The maximum absolute atomic E-state index is 5.13. The Labute approximate surface area is 281 Å². The monoisotopic (exact) mass is 615 g/mol. The lowest BCUT2D eigenvalue weighted by atomic mass is 9.91. The third-order valence-corrected chi connectivity index (χ3v) is 8.77. The number of pyridine rings is 1. The fourth-order valence-electron chi connectivity index (χ4n) is 6.37. The third-order valence-electron chi connectivity index (χ3n) is 8.77. The summed E-state index contributed by atoms with van der Waals surface area (Å²) in [6.07, 6.45) is 0. The van der Waals surface area contributed by atoms with E-state index in [-0.39, 0.29) is 0 Å².